The van der Waals surface area contributed by atoms with E-state index in [1.807, 2.05) is 13.8 Å². The first-order valence-electron chi connectivity index (χ1n) is 6.25. The highest BCUT2D eigenvalue weighted by atomic mass is 16.3. The Labute approximate surface area is 102 Å². The summed E-state index contributed by atoms with van der Waals surface area (Å²) in [5, 5.41) is 14.8. The SMILES string of the molecule is CCC(CC)(CO)CNC(=O)C1CCC(=O)N1. The molecule has 0 aromatic carbocycles. The fourth-order valence-electron chi connectivity index (χ4n) is 1.99. The van der Waals surface area contributed by atoms with Gasteiger partial charge < -0.3 is 15.7 Å². The van der Waals surface area contributed by atoms with E-state index in [2.05, 4.69) is 10.6 Å². The molecule has 3 N–H and O–H groups in total. The van der Waals surface area contributed by atoms with Crippen molar-refractivity contribution >= 4 is 11.8 Å². The number of amides is 2. The second-order valence-electron chi connectivity index (χ2n) is 4.74. The number of carbonyl (C=O) groups excluding carboxylic acids is 2. The van der Waals surface area contributed by atoms with Crippen LogP contribution in [0, 0.1) is 5.41 Å². The largest absolute Gasteiger partial charge is 0.396 e. The maximum atomic E-state index is 11.8. The van der Waals surface area contributed by atoms with Gasteiger partial charge in [0, 0.05) is 18.4 Å². The van der Waals surface area contributed by atoms with Gasteiger partial charge in [0.05, 0.1) is 6.61 Å². The summed E-state index contributed by atoms with van der Waals surface area (Å²) in [6.45, 7) is 4.53. The summed E-state index contributed by atoms with van der Waals surface area (Å²) in [5.74, 6) is -0.208. The first-order valence-corrected chi connectivity index (χ1v) is 6.25. The first-order chi connectivity index (χ1) is 8.06. The molecular weight excluding hydrogens is 220 g/mol. The second kappa shape index (κ2) is 6.00. The van der Waals surface area contributed by atoms with Gasteiger partial charge in [0.1, 0.15) is 6.04 Å². The molecule has 1 heterocycles. The molecule has 0 aromatic heterocycles. The summed E-state index contributed by atoms with van der Waals surface area (Å²) >= 11 is 0. The summed E-state index contributed by atoms with van der Waals surface area (Å²) in [6.07, 6.45) is 2.62. The van der Waals surface area contributed by atoms with Gasteiger partial charge in [-0.2, -0.15) is 0 Å². The molecule has 17 heavy (non-hydrogen) atoms. The minimum absolute atomic E-state index is 0.0652. The summed E-state index contributed by atoms with van der Waals surface area (Å²) < 4.78 is 0. The van der Waals surface area contributed by atoms with E-state index in [1.54, 1.807) is 0 Å². The topological polar surface area (TPSA) is 78.4 Å². The number of hydrogen-bond donors (Lipinski definition) is 3. The molecule has 0 aromatic rings. The Morgan fingerprint density at radius 2 is 2.18 bits per heavy atom. The molecule has 1 aliphatic heterocycles. The molecule has 2 amide bonds. The molecule has 1 saturated heterocycles. The molecule has 5 nitrogen and oxygen atoms in total. The second-order valence-corrected chi connectivity index (χ2v) is 4.74. The van der Waals surface area contributed by atoms with Crippen LogP contribution in [-0.2, 0) is 9.59 Å². The number of aliphatic hydroxyl groups is 1. The molecule has 1 unspecified atom stereocenters. The van der Waals surface area contributed by atoms with Crippen LogP contribution in [0.1, 0.15) is 39.5 Å². The minimum atomic E-state index is -0.396. The molecular formula is C12H22N2O3. The van der Waals surface area contributed by atoms with Gasteiger partial charge in [-0.1, -0.05) is 13.8 Å². The predicted molar refractivity (Wildman–Crippen MR) is 64.3 cm³/mol. The number of aliphatic hydroxyl groups excluding tert-OH is 1. The van der Waals surface area contributed by atoms with Crippen LogP contribution in [0.25, 0.3) is 0 Å². The van der Waals surface area contributed by atoms with Crippen LogP contribution in [-0.4, -0.2) is 36.1 Å². The van der Waals surface area contributed by atoms with E-state index >= 15 is 0 Å². The van der Waals surface area contributed by atoms with E-state index in [-0.39, 0.29) is 23.8 Å². The molecule has 0 saturated carbocycles. The van der Waals surface area contributed by atoms with Crippen molar-refractivity contribution in [3.05, 3.63) is 0 Å². The number of nitrogens with one attached hydrogen (secondary N) is 2. The number of rotatable bonds is 6. The molecule has 1 rings (SSSR count). The number of carbonyl (C=O) groups is 2. The Kier molecular flexibility index (Phi) is 4.93. The van der Waals surface area contributed by atoms with Crippen molar-refractivity contribution in [3.63, 3.8) is 0 Å². The Balaban J connectivity index is 2.44. The summed E-state index contributed by atoms with van der Waals surface area (Å²) in [7, 11) is 0. The molecule has 0 bridgehead atoms. The molecule has 1 fully saturated rings. The van der Waals surface area contributed by atoms with Crippen LogP contribution in [0.4, 0.5) is 0 Å². The lowest BCUT2D eigenvalue weighted by Gasteiger charge is -2.30. The Morgan fingerprint density at radius 3 is 2.59 bits per heavy atom. The fraction of sp³-hybridized carbons (Fsp3) is 0.833. The molecule has 1 aliphatic rings. The van der Waals surface area contributed by atoms with E-state index in [4.69, 9.17) is 0 Å². The summed E-state index contributed by atoms with van der Waals surface area (Å²) in [5.41, 5.74) is -0.238. The lowest BCUT2D eigenvalue weighted by molar-refractivity contribution is -0.126. The monoisotopic (exact) mass is 242 g/mol. The number of hydrogen-bond acceptors (Lipinski definition) is 3. The standard InChI is InChI=1S/C12H22N2O3/c1-3-12(4-2,8-15)7-13-11(17)9-5-6-10(16)14-9/h9,15H,3-8H2,1-2H3,(H,13,17)(H,14,16). The van der Waals surface area contributed by atoms with E-state index in [1.165, 1.54) is 0 Å². The third kappa shape index (κ3) is 3.43. The van der Waals surface area contributed by atoms with Crippen molar-refractivity contribution in [1.29, 1.82) is 0 Å². The normalized spacial score (nSPS) is 20.2. The van der Waals surface area contributed by atoms with Gasteiger partial charge in [-0.25, -0.2) is 0 Å². The average molecular weight is 242 g/mol. The zero-order chi connectivity index (χ0) is 12.9. The van der Waals surface area contributed by atoms with E-state index in [9.17, 15) is 14.7 Å². The van der Waals surface area contributed by atoms with Crippen LogP contribution in [0.2, 0.25) is 0 Å². The lowest BCUT2D eigenvalue weighted by Crippen LogP contribution is -2.46. The van der Waals surface area contributed by atoms with Gasteiger partial charge >= 0.3 is 0 Å². The molecule has 1 atom stereocenters. The van der Waals surface area contributed by atoms with E-state index < -0.39 is 6.04 Å². The van der Waals surface area contributed by atoms with Gasteiger partial charge in [0.25, 0.3) is 0 Å². The molecule has 0 aliphatic carbocycles. The van der Waals surface area contributed by atoms with Crippen molar-refractivity contribution in [1.82, 2.24) is 10.6 Å². The predicted octanol–water partition coefficient (Wildman–Crippen LogP) is 0.180. The highest BCUT2D eigenvalue weighted by Gasteiger charge is 2.30. The van der Waals surface area contributed by atoms with Crippen LogP contribution < -0.4 is 10.6 Å². The Hall–Kier alpha value is -1.10. The Bertz CT molecular complexity index is 279. The highest BCUT2D eigenvalue weighted by Crippen LogP contribution is 2.24. The first kappa shape index (κ1) is 14.0. The quantitative estimate of drug-likeness (QED) is 0.621. The van der Waals surface area contributed by atoms with Gasteiger partial charge in [-0.05, 0) is 19.3 Å². The van der Waals surface area contributed by atoms with Gasteiger partial charge in [-0.3, -0.25) is 9.59 Å². The van der Waals surface area contributed by atoms with Crippen LogP contribution in [0.5, 0.6) is 0 Å². The lowest BCUT2D eigenvalue weighted by atomic mass is 9.83. The molecule has 98 valence electrons. The Morgan fingerprint density at radius 1 is 1.53 bits per heavy atom. The fourth-order valence-corrected chi connectivity index (χ4v) is 1.99. The molecule has 5 heteroatoms. The summed E-state index contributed by atoms with van der Waals surface area (Å²) in [4.78, 5) is 22.8. The van der Waals surface area contributed by atoms with Gasteiger partial charge in [0.2, 0.25) is 11.8 Å². The zero-order valence-electron chi connectivity index (χ0n) is 10.6. The van der Waals surface area contributed by atoms with Gasteiger partial charge in [0.15, 0.2) is 0 Å². The van der Waals surface area contributed by atoms with Crippen molar-refractivity contribution in [2.45, 2.75) is 45.6 Å². The van der Waals surface area contributed by atoms with Crippen molar-refractivity contribution in [2.24, 2.45) is 5.41 Å². The molecule has 0 radical (unpaired) electrons. The smallest absolute Gasteiger partial charge is 0.242 e. The molecule has 0 spiro atoms. The average Bonchev–Trinajstić information content (AvgIpc) is 2.78. The third-order valence-electron chi connectivity index (χ3n) is 3.78. The zero-order valence-corrected chi connectivity index (χ0v) is 10.6. The highest BCUT2D eigenvalue weighted by molar-refractivity contribution is 5.90. The summed E-state index contributed by atoms with van der Waals surface area (Å²) in [6, 6.07) is -0.396. The van der Waals surface area contributed by atoms with E-state index in [0.29, 0.717) is 19.4 Å². The van der Waals surface area contributed by atoms with Crippen LogP contribution in [0.3, 0.4) is 0 Å². The van der Waals surface area contributed by atoms with Gasteiger partial charge in [-0.15, -0.1) is 0 Å². The van der Waals surface area contributed by atoms with Crippen molar-refractivity contribution < 1.29 is 14.7 Å². The maximum Gasteiger partial charge on any atom is 0.242 e. The van der Waals surface area contributed by atoms with Crippen LogP contribution in [0.15, 0.2) is 0 Å². The van der Waals surface area contributed by atoms with Crippen molar-refractivity contribution in [2.75, 3.05) is 13.2 Å². The third-order valence-corrected chi connectivity index (χ3v) is 3.78. The van der Waals surface area contributed by atoms with E-state index in [0.717, 1.165) is 12.8 Å². The van der Waals surface area contributed by atoms with Crippen LogP contribution >= 0.6 is 0 Å². The van der Waals surface area contributed by atoms with Crippen molar-refractivity contribution in [3.8, 4) is 0 Å². The minimum Gasteiger partial charge on any atom is -0.396 e. The maximum absolute atomic E-state index is 11.8.